The first-order valence-corrected chi connectivity index (χ1v) is 8.60. The fourth-order valence-corrected chi connectivity index (χ4v) is 2.87. The van der Waals surface area contributed by atoms with Gasteiger partial charge in [0.1, 0.15) is 10.9 Å². The summed E-state index contributed by atoms with van der Waals surface area (Å²) in [5.74, 6) is 0.858. The molecule has 2 aromatic carbocycles. The van der Waals surface area contributed by atoms with Crippen molar-refractivity contribution in [2.45, 2.75) is 19.9 Å². The number of aromatic nitrogens is 1. The van der Waals surface area contributed by atoms with E-state index in [9.17, 15) is 0 Å². The van der Waals surface area contributed by atoms with E-state index in [2.05, 4.69) is 40.6 Å². The van der Waals surface area contributed by atoms with Gasteiger partial charge in [-0.1, -0.05) is 41.9 Å². The average Bonchev–Trinajstić information content (AvgIpc) is 2.60. The molecule has 24 heavy (non-hydrogen) atoms. The minimum Gasteiger partial charge on any atom is -0.494 e. The maximum Gasteiger partial charge on any atom is 0.134 e. The Bertz CT molecular complexity index is 805. The second kappa shape index (κ2) is 8.13. The predicted molar refractivity (Wildman–Crippen MR) is 99.8 cm³/mol. The van der Waals surface area contributed by atoms with Gasteiger partial charge in [-0.15, -0.1) is 0 Å². The standard InChI is InChI=1S/C20H21ClN2O/c1-2-24-18-8-9-19-16(13-18)12-17(20(21)23-19)14-22-11-10-15-6-4-3-5-7-15/h3-9,12-13,22H,2,10-11,14H2,1H3. The molecule has 0 aliphatic carbocycles. The quantitative estimate of drug-likeness (QED) is 0.503. The number of rotatable bonds is 7. The van der Waals surface area contributed by atoms with Crippen LogP contribution in [-0.2, 0) is 13.0 Å². The molecule has 3 aromatic rings. The lowest BCUT2D eigenvalue weighted by atomic mass is 10.1. The van der Waals surface area contributed by atoms with Crippen molar-refractivity contribution in [2.24, 2.45) is 0 Å². The molecule has 0 amide bonds. The van der Waals surface area contributed by atoms with E-state index in [1.807, 2.05) is 31.2 Å². The summed E-state index contributed by atoms with van der Waals surface area (Å²) in [5, 5.41) is 5.04. The third kappa shape index (κ3) is 4.25. The Kier molecular flexibility index (Phi) is 5.68. The van der Waals surface area contributed by atoms with Crippen molar-refractivity contribution in [1.29, 1.82) is 0 Å². The first-order chi connectivity index (χ1) is 11.8. The Labute approximate surface area is 147 Å². The molecule has 4 heteroatoms. The van der Waals surface area contributed by atoms with Gasteiger partial charge in [0, 0.05) is 17.5 Å². The van der Waals surface area contributed by atoms with Gasteiger partial charge >= 0.3 is 0 Å². The van der Waals surface area contributed by atoms with E-state index in [-0.39, 0.29) is 0 Å². The van der Waals surface area contributed by atoms with Gasteiger partial charge in [-0.25, -0.2) is 4.98 Å². The van der Waals surface area contributed by atoms with Gasteiger partial charge in [-0.2, -0.15) is 0 Å². The highest BCUT2D eigenvalue weighted by atomic mass is 35.5. The number of nitrogens with one attached hydrogen (secondary N) is 1. The average molecular weight is 341 g/mol. The van der Waals surface area contributed by atoms with E-state index in [4.69, 9.17) is 16.3 Å². The molecule has 0 atom stereocenters. The highest BCUT2D eigenvalue weighted by molar-refractivity contribution is 6.30. The van der Waals surface area contributed by atoms with Crippen LogP contribution in [-0.4, -0.2) is 18.1 Å². The zero-order valence-electron chi connectivity index (χ0n) is 13.8. The van der Waals surface area contributed by atoms with Crippen LogP contribution >= 0.6 is 11.6 Å². The van der Waals surface area contributed by atoms with Gasteiger partial charge in [0.05, 0.1) is 12.1 Å². The fourth-order valence-electron chi connectivity index (χ4n) is 2.66. The number of pyridine rings is 1. The zero-order chi connectivity index (χ0) is 16.8. The Morgan fingerprint density at radius 3 is 2.71 bits per heavy atom. The van der Waals surface area contributed by atoms with Crippen LogP contribution in [0.5, 0.6) is 5.75 Å². The summed E-state index contributed by atoms with van der Waals surface area (Å²) in [6.07, 6.45) is 0.994. The van der Waals surface area contributed by atoms with Crippen molar-refractivity contribution in [3.63, 3.8) is 0 Å². The molecule has 0 saturated heterocycles. The number of fused-ring (bicyclic) bond motifs is 1. The van der Waals surface area contributed by atoms with Crippen molar-refractivity contribution in [3.8, 4) is 5.75 Å². The highest BCUT2D eigenvalue weighted by Crippen LogP contribution is 2.24. The minimum atomic E-state index is 0.555. The van der Waals surface area contributed by atoms with Crippen molar-refractivity contribution in [1.82, 2.24) is 10.3 Å². The number of hydrogen-bond donors (Lipinski definition) is 1. The number of halogens is 1. The van der Waals surface area contributed by atoms with Gasteiger partial charge in [-0.05, 0) is 49.7 Å². The molecule has 1 aromatic heterocycles. The maximum absolute atomic E-state index is 6.32. The molecule has 3 rings (SSSR count). The monoisotopic (exact) mass is 340 g/mol. The summed E-state index contributed by atoms with van der Waals surface area (Å²) in [4.78, 5) is 4.48. The topological polar surface area (TPSA) is 34.1 Å². The summed E-state index contributed by atoms with van der Waals surface area (Å²) >= 11 is 6.32. The Morgan fingerprint density at radius 1 is 1.08 bits per heavy atom. The van der Waals surface area contributed by atoms with Crippen LogP contribution in [0, 0.1) is 0 Å². The van der Waals surface area contributed by atoms with Crippen LogP contribution in [0.2, 0.25) is 5.15 Å². The lowest BCUT2D eigenvalue weighted by Crippen LogP contribution is -2.17. The molecule has 0 bridgehead atoms. The first-order valence-electron chi connectivity index (χ1n) is 8.23. The van der Waals surface area contributed by atoms with Crippen LogP contribution in [0.25, 0.3) is 10.9 Å². The predicted octanol–water partition coefficient (Wildman–Crippen LogP) is 4.62. The molecule has 0 spiro atoms. The van der Waals surface area contributed by atoms with E-state index in [1.54, 1.807) is 0 Å². The van der Waals surface area contributed by atoms with Crippen molar-refractivity contribution in [3.05, 3.63) is 70.9 Å². The summed E-state index contributed by atoms with van der Waals surface area (Å²) in [5.41, 5.74) is 3.22. The van der Waals surface area contributed by atoms with Gasteiger partial charge < -0.3 is 10.1 Å². The second-order valence-corrected chi connectivity index (χ2v) is 6.00. The molecule has 1 N–H and O–H groups in total. The van der Waals surface area contributed by atoms with Crippen LogP contribution in [0.1, 0.15) is 18.1 Å². The highest BCUT2D eigenvalue weighted by Gasteiger charge is 2.06. The molecular weight excluding hydrogens is 320 g/mol. The number of nitrogens with zero attached hydrogens (tertiary/aromatic N) is 1. The van der Waals surface area contributed by atoms with Gasteiger partial charge in [0.2, 0.25) is 0 Å². The van der Waals surface area contributed by atoms with Crippen molar-refractivity contribution < 1.29 is 4.74 Å². The number of ether oxygens (including phenoxy) is 1. The number of benzene rings is 2. The van der Waals surface area contributed by atoms with E-state index in [0.29, 0.717) is 18.3 Å². The molecule has 0 saturated carbocycles. The summed E-state index contributed by atoms with van der Waals surface area (Å²) < 4.78 is 5.56. The molecule has 124 valence electrons. The largest absolute Gasteiger partial charge is 0.494 e. The SMILES string of the molecule is CCOc1ccc2nc(Cl)c(CNCCc3ccccc3)cc2c1. The van der Waals surface area contributed by atoms with Crippen molar-refractivity contribution in [2.75, 3.05) is 13.2 Å². The smallest absolute Gasteiger partial charge is 0.134 e. The third-order valence-corrected chi connectivity index (χ3v) is 4.20. The van der Waals surface area contributed by atoms with Gasteiger partial charge in [0.15, 0.2) is 0 Å². The summed E-state index contributed by atoms with van der Waals surface area (Å²) in [6.45, 7) is 4.23. The fraction of sp³-hybridized carbons (Fsp3) is 0.250. The van der Waals surface area contributed by atoms with Crippen LogP contribution < -0.4 is 10.1 Å². The first kappa shape index (κ1) is 16.7. The molecule has 0 fully saturated rings. The minimum absolute atomic E-state index is 0.555. The maximum atomic E-state index is 6.32. The summed E-state index contributed by atoms with van der Waals surface area (Å²) in [7, 11) is 0. The van der Waals surface area contributed by atoms with Crippen LogP contribution in [0.15, 0.2) is 54.6 Å². The molecule has 0 aliphatic heterocycles. The molecule has 0 radical (unpaired) electrons. The Hall–Kier alpha value is -2.10. The van der Waals surface area contributed by atoms with Crippen molar-refractivity contribution >= 4 is 22.5 Å². The van der Waals surface area contributed by atoms with E-state index >= 15 is 0 Å². The second-order valence-electron chi connectivity index (χ2n) is 5.64. The third-order valence-electron chi connectivity index (χ3n) is 3.87. The zero-order valence-corrected chi connectivity index (χ0v) is 14.5. The van der Waals surface area contributed by atoms with E-state index in [1.165, 1.54) is 5.56 Å². The molecule has 0 aliphatic rings. The van der Waals surface area contributed by atoms with E-state index in [0.717, 1.165) is 35.2 Å². The Balaban J connectivity index is 1.66. The number of hydrogen-bond acceptors (Lipinski definition) is 3. The van der Waals surface area contributed by atoms with Crippen LogP contribution in [0.4, 0.5) is 0 Å². The lowest BCUT2D eigenvalue weighted by molar-refractivity contribution is 0.340. The van der Waals surface area contributed by atoms with Gasteiger partial charge in [-0.3, -0.25) is 0 Å². The Morgan fingerprint density at radius 2 is 1.92 bits per heavy atom. The normalized spacial score (nSPS) is 10.9. The van der Waals surface area contributed by atoms with Gasteiger partial charge in [0.25, 0.3) is 0 Å². The van der Waals surface area contributed by atoms with E-state index < -0.39 is 0 Å². The molecule has 3 nitrogen and oxygen atoms in total. The lowest BCUT2D eigenvalue weighted by Gasteiger charge is -2.09. The molecule has 1 heterocycles. The molecular formula is C20H21ClN2O. The summed E-state index contributed by atoms with van der Waals surface area (Å²) in [6, 6.07) is 18.4. The molecule has 0 unspecified atom stereocenters. The van der Waals surface area contributed by atoms with Crippen LogP contribution in [0.3, 0.4) is 0 Å².